The predicted octanol–water partition coefficient (Wildman–Crippen LogP) is 0.117. The third kappa shape index (κ3) is 4.51. The van der Waals surface area contributed by atoms with Gasteiger partial charge in [0.25, 0.3) is 0 Å². The molecular weight excluding hydrogens is 307 g/mol. The van der Waals surface area contributed by atoms with Gasteiger partial charge in [-0.2, -0.15) is 0 Å². The first-order chi connectivity index (χ1) is 9.18. The molecular formula is C11H17FN2O4S2. The summed E-state index contributed by atoms with van der Waals surface area (Å²) in [6.07, 6.45) is 1.44. The van der Waals surface area contributed by atoms with Crippen molar-refractivity contribution in [3.05, 3.63) is 24.0 Å². The van der Waals surface area contributed by atoms with E-state index in [0.29, 0.717) is 19.0 Å². The lowest BCUT2D eigenvalue weighted by Crippen LogP contribution is -2.27. The smallest absolute Gasteiger partial charge is 0.240 e. The fraction of sp³-hybridized carbons (Fsp3) is 0.455. The van der Waals surface area contributed by atoms with Crippen LogP contribution in [0.4, 0.5) is 4.39 Å². The van der Waals surface area contributed by atoms with Gasteiger partial charge in [-0.05, 0) is 38.2 Å². The number of nitrogens with one attached hydrogen (secondary N) is 2. The Morgan fingerprint density at radius 3 is 2.30 bits per heavy atom. The van der Waals surface area contributed by atoms with Gasteiger partial charge in [0.2, 0.25) is 10.0 Å². The Kier molecular flexibility index (Phi) is 5.63. The van der Waals surface area contributed by atoms with Crippen molar-refractivity contribution in [2.45, 2.75) is 16.2 Å². The van der Waals surface area contributed by atoms with E-state index in [2.05, 4.69) is 10.0 Å². The topological polar surface area (TPSA) is 92.3 Å². The molecule has 0 saturated carbocycles. The van der Waals surface area contributed by atoms with Crippen LogP contribution in [0.2, 0.25) is 0 Å². The maximum Gasteiger partial charge on any atom is 0.240 e. The predicted molar refractivity (Wildman–Crippen MR) is 73.2 cm³/mol. The highest BCUT2D eigenvalue weighted by atomic mass is 32.2. The summed E-state index contributed by atoms with van der Waals surface area (Å²) in [6, 6.07) is 2.73. The van der Waals surface area contributed by atoms with Crippen LogP contribution in [0.1, 0.15) is 6.42 Å². The average Bonchev–Trinajstić information content (AvgIpc) is 2.33. The van der Waals surface area contributed by atoms with E-state index in [4.69, 9.17) is 0 Å². The Morgan fingerprint density at radius 1 is 1.15 bits per heavy atom. The molecule has 0 atom stereocenters. The van der Waals surface area contributed by atoms with E-state index in [1.54, 1.807) is 7.05 Å². The van der Waals surface area contributed by atoms with E-state index in [9.17, 15) is 21.2 Å². The number of sulfonamides is 1. The molecule has 0 aliphatic rings. The summed E-state index contributed by atoms with van der Waals surface area (Å²) in [5, 5.41) is 2.87. The summed E-state index contributed by atoms with van der Waals surface area (Å²) in [6.45, 7) is 0.850. The highest BCUT2D eigenvalue weighted by Gasteiger charge is 2.19. The third-order valence-corrected chi connectivity index (χ3v) is 5.10. The van der Waals surface area contributed by atoms with E-state index < -0.39 is 30.6 Å². The first-order valence-electron chi connectivity index (χ1n) is 5.82. The minimum Gasteiger partial charge on any atom is -0.320 e. The lowest BCUT2D eigenvalue weighted by Gasteiger charge is -2.08. The van der Waals surface area contributed by atoms with E-state index >= 15 is 0 Å². The van der Waals surface area contributed by atoms with Gasteiger partial charge >= 0.3 is 0 Å². The molecule has 0 unspecified atom stereocenters. The monoisotopic (exact) mass is 324 g/mol. The second-order valence-corrected chi connectivity index (χ2v) is 7.97. The summed E-state index contributed by atoms with van der Waals surface area (Å²) in [5.74, 6) is -1.08. The van der Waals surface area contributed by atoms with Crippen LogP contribution in [0.25, 0.3) is 0 Å². The molecule has 20 heavy (non-hydrogen) atoms. The number of hydrogen-bond donors (Lipinski definition) is 2. The number of rotatable bonds is 7. The summed E-state index contributed by atoms with van der Waals surface area (Å²) in [5.41, 5.74) is 0. The summed E-state index contributed by atoms with van der Waals surface area (Å²) in [4.78, 5) is -0.821. The number of halogens is 1. The Bertz CT molecular complexity index is 672. The zero-order chi connectivity index (χ0) is 15.4. The Labute approximate surface area is 118 Å². The lowest BCUT2D eigenvalue weighted by molar-refractivity contribution is 0.559. The number of sulfone groups is 1. The van der Waals surface area contributed by atoms with E-state index in [1.165, 1.54) is 0 Å². The van der Waals surface area contributed by atoms with Crippen molar-refractivity contribution in [2.75, 3.05) is 26.4 Å². The first kappa shape index (κ1) is 17.0. The van der Waals surface area contributed by atoms with Gasteiger partial charge in [-0.15, -0.1) is 0 Å². The van der Waals surface area contributed by atoms with Crippen molar-refractivity contribution in [1.29, 1.82) is 0 Å². The number of hydrogen-bond acceptors (Lipinski definition) is 5. The van der Waals surface area contributed by atoms with Crippen LogP contribution in [0, 0.1) is 5.82 Å². The van der Waals surface area contributed by atoms with Crippen molar-refractivity contribution in [3.8, 4) is 0 Å². The van der Waals surface area contributed by atoms with Crippen LogP contribution < -0.4 is 10.0 Å². The van der Waals surface area contributed by atoms with Crippen molar-refractivity contribution in [3.63, 3.8) is 0 Å². The van der Waals surface area contributed by atoms with Crippen LogP contribution >= 0.6 is 0 Å². The Balaban J connectivity index is 2.95. The van der Waals surface area contributed by atoms with Crippen molar-refractivity contribution >= 4 is 19.9 Å². The van der Waals surface area contributed by atoms with E-state index in [0.717, 1.165) is 18.4 Å². The molecule has 0 aliphatic carbocycles. The lowest BCUT2D eigenvalue weighted by atomic mass is 10.3. The van der Waals surface area contributed by atoms with Gasteiger partial charge < -0.3 is 5.32 Å². The van der Waals surface area contributed by atoms with Gasteiger partial charge in [-0.25, -0.2) is 25.9 Å². The summed E-state index contributed by atoms with van der Waals surface area (Å²) < 4.78 is 62.2. The molecule has 0 amide bonds. The normalized spacial score (nSPS) is 12.6. The molecule has 0 fully saturated rings. The molecule has 9 heteroatoms. The average molecular weight is 324 g/mol. The zero-order valence-electron chi connectivity index (χ0n) is 11.2. The fourth-order valence-corrected chi connectivity index (χ4v) is 3.32. The molecule has 0 aliphatic heterocycles. The Morgan fingerprint density at radius 2 is 1.80 bits per heavy atom. The second kappa shape index (κ2) is 6.61. The number of benzene rings is 1. The minimum atomic E-state index is -3.84. The summed E-state index contributed by atoms with van der Waals surface area (Å²) >= 11 is 0. The van der Waals surface area contributed by atoms with Gasteiger partial charge in [0.15, 0.2) is 9.84 Å². The van der Waals surface area contributed by atoms with Gasteiger partial charge in [-0.1, -0.05) is 0 Å². The van der Waals surface area contributed by atoms with Crippen LogP contribution in [-0.4, -0.2) is 43.2 Å². The molecule has 0 bridgehead atoms. The molecule has 6 nitrogen and oxygen atoms in total. The van der Waals surface area contributed by atoms with E-state index in [1.807, 2.05) is 0 Å². The first-order valence-corrected chi connectivity index (χ1v) is 9.20. The fourth-order valence-electron chi connectivity index (χ4n) is 1.50. The van der Waals surface area contributed by atoms with Gasteiger partial charge in [0.05, 0.1) is 4.90 Å². The standard InChI is InChI=1S/C11H17FN2O4S2/c1-13-6-3-7-14-20(17,18)9-4-5-11(10(12)8-9)19(2,15)16/h4-5,8,13-14H,3,6-7H2,1-2H3. The SMILES string of the molecule is CNCCCNS(=O)(=O)c1ccc(S(C)(=O)=O)c(F)c1. The molecule has 114 valence electrons. The Hall–Kier alpha value is -1.03. The molecule has 0 radical (unpaired) electrons. The highest BCUT2D eigenvalue weighted by Crippen LogP contribution is 2.18. The molecule has 1 aromatic carbocycles. The third-order valence-electron chi connectivity index (χ3n) is 2.51. The molecule has 2 N–H and O–H groups in total. The van der Waals surface area contributed by atoms with E-state index in [-0.39, 0.29) is 11.4 Å². The molecule has 0 spiro atoms. The molecule has 0 aromatic heterocycles. The van der Waals surface area contributed by atoms with Crippen molar-refractivity contribution in [1.82, 2.24) is 10.0 Å². The zero-order valence-corrected chi connectivity index (χ0v) is 12.8. The quantitative estimate of drug-likeness (QED) is 0.695. The minimum absolute atomic E-state index is 0.207. The largest absolute Gasteiger partial charge is 0.320 e. The summed E-state index contributed by atoms with van der Waals surface area (Å²) in [7, 11) is -5.81. The van der Waals surface area contributed by atoms with Crippen LogP contribution in [0.3, 0.4) is 0 Å². The second-order valence-electron chi connectivity index (χ2n) is 4.22. The molecule has 1 rings (SSSR count). The van der Waals surface area contributed by atoms with Crippen molar-refractivity contribution in [2.24, 2.45) is 0 Å². The van der Waals surface area contributed by atoms with Crippen molar-refractivity contribution < 1.29 is 21.2 Å². The van der Waals surface area contributed by atoms with Gasteiger partial charge in [0, 0.05) is 12.8 Å². The maximum atomic E-state index is 13.6. The van der Waals surface area contributed by atoms with Crippen LogP contribution in [0.15, 0.2) is 28.0 Å². The molecule has 0 saturated heterocycles. The van der Waals surface area contributed by atoms with Crippen LogP contribution in [-0.2, 0) is 19.9 Å². The van der Waals surface area contributed by atoms with Gasteiger partial charge in [0.1, 0.15) is 10.7 Å². The maximum absolute atomic E-state index is 13.6. The molecule has 1 aromatic rings. The van der Waals surface area contributed by atoms with Crippen LogP contribution in [0.5, 0.6) is 0 Å². The van der Waals surface area contributed by atoms with Gasteiger partial charge in [-0.3, -0.25) is 0 Å². The molecule has 0 heterocycles. The highest BCUT2D eigenvalue weighted by molar-refractivity contribution is 7.90.